The van der Waals surface area contributed by atoms with Gasteiger partial charge in [0.15, 0.2) is 0 Å². The molecule has 4 heteroatoms. The Labute approximate surface area is 124 Å². The average Bonchev–Trinajstić information content (AvgIpc) is 2.56. The van der Waals surface area contributed by atoms with Crippen LogP contribution in [0.15, 0.2) is 55.1 Å². The molecule has 0 bridgehead atoms. The lowest BCUT2D eigenvalue weighted by Gasteiger charge is -2.18. The van der Waals surface area contributed by atoms with E-state index in [1.807, 2.05) is 18.3 Å². The number of nitrogens with one attached hydrogen (secondary N) is 1. The van der Waals surface area contributed by atoms with Crippen molar-refractivity contribution in [1.82, 2.24) is 20.3 Å². The zero-order valence-electron chi connectivity index (χ0n) is 12.0. The van der Waals surface area contributed by atoms with Gasteiger partial charge in [-0.2, -0.15) is 0 Å². The van der Waals surface area contributed by atoms with E-state index in [9.17, 15) is 0 Å². The summed E-state index contributed by atoms with van der Waals surface area (Å²) in [6.45, 7) is 3.10. The Kier molecular flexibility index (Phi) is 4.17. The summed E-state index contributed by atoms with van der Waals surface area (Å²) in [7, 11) is 0. The third-order valence-corrected chi connectivity index (χ3v) is 3.46. The summed E-state index contributed by atoms with van der Waals surface area (Å²) in [6.07, 6.45) is 6.27. The van der Waals surface area contributed by atoms with Crippen LogP contribution in [0.1, 0.15) is 30.6 Å². The highest BCUT2D eigenvalue weighted by Gasteiger charge is 2.15. The van der Waals surface area contributed by atoms with Crippen molar-refractivity contribution < 1.29 is 0 Å². The summed E-state index contributed by atoms with van der Waals surface area (Å²) >= 11 is 0. The number of hydrogen-bond donors (Lipinski definition) is 1. The van der Waals surface area contributed by atoms with Crippen molar-refractivity contribution in [2.45, 2.75) is 19.4 Å². The van der Waals surface area contributed by atoms with Crippen molar-refractivity contribution in [3.05, 3.63) is 66.4 Å². The second kappa shape index (κ2) is 6.41. The molecular weight excluding hydrogens is 260 g/mol. The molecule has 2 aromatic heterocycles. The van der Waals surface area contributed by atoms with Gasteiger partial charge in [-0.25, -0.2) is 9.97 Å². The van der Waals surface area contributed by atoms with E-state index in [-0.39, 0.29) is 6.04 Å². The fourth-order valence-corrected chi connectivity index (χ4v) is 2.42. The molecule has 0 saturated carbocycles. The van der Waals surface area contributed by atoms with Crippen LogP contribution in [-0.4, -0.2) is 21.5 Å². The quantitative estimate of drug-likeness (QED) is 0.779. The SMILES string of the molecule is CCCNC(c1ccc2cccnc2c1)c1ccncn1. The molecular formula is C17H18N4. The number of benzene rings is 1. The molecule has 1 unspecified atom stereocenters. The predicted molar refractivity (Wildman–Crippen MR) is 83.9 cm³/mol. The summed E-state index contributed by atoms with van der Waals surface area (Å²) in [5, 5.41) is 4.70. The zero-order valence-corrected chi connectivity index (χ0v) is 12.0. The third-order valence-electron chi connectivity index (χ3n) is 3.46. The summed E-state index contributed by atoms with van der Waals surface area (Å²) < 4.78 is 0. The Hall–Kier alpha value is -2.33. The predicted octanol–water partition coefficient (Wildman–Crippen LogP) is 3.11. The third kappa shape index (κ3) is 3.06. The molecule has 3 aromatic rings. The largest absolute Gasteiger partial charge is 0.305 e. The topological polar surface area (TPSA) is 50.7 Å². The molecule has 0 aliphatic carbocycles. The van der Waals surface area contributed by atoms with Gasteiger partial charge in [-0.3, -0.25) is 4.98 Å². The van der Waals surface area contributed by atoms with Crippen LogP contribution in [0.3, 0.4) is 0 Å². The molecule has 0 aliphatic heterocycles. The lowest BCUT2D eigenvalue weighted by molar-refractivity contribution is 0.585. The number of aromatic nitrogens is 3. The standard InChI is InChI=1S/C17H18N4/c1-2-8-20-17(15-7-10-18-12-21-15)14-6-5-13-4-3-9-19-16(13)11-14/h3-7,9-12,17,20H,2,8H2,1H3. The Balaban J connectivity index is 2.01. The van der Waals surface area contributed by atoms with Crippen LogP contribution in [0.5, 0.6) is 0 Å². The van der Waals surface area contributed by atoms with Crippen LogP contribution in [0.25, 0.3) is 10.9 Å². The van der Waals surface area contributed by atoms with Gasteiger partial charge < -0.3 is 5.32 Å². The van der Waals surface area contributed by atoms with Crippen LogP contribution >= 0.6 is 0 Å². The minimum absolute atomic E-state index is 0.0688. The first-order chi connectivity index (χ1) is 10.4. The summed E-state index contributed by atoms with van der Waals surface area (Å²) in [6, 6.07) is 12.4. The van der Waals surface area contributed by atoms with E-state index in [1.54, 1.807) is 12.5 Å². The molecule has 0 fully saturated rings. The Bertz CT molecular complexity index is 712. The number of hydrogen-bond acceptors (Lipinski definition) is 4. The molecule has 3 rings (SSSR count). The Morgan fingerprint density at radius 2 is 2.05 bits per heavy atom. The number of pyridine rings is 1. The molecule has 106 valence electrons. The van der Waals surface area contributed by atoms with Crippen molar-refractivity contribution in [1.29, 1.82) is 0 Å². The average molecular weight is 278 g/mol. The first-order valence-corrected chi connectivity index (χ1v) is 7.22. The first kappa shape index (κ1) is 13.6. The molecule has 0 aliphatic rings. The molecule has 0 radical (unpaired) electrons. The maximum Gasteiger partial charge on any atom is 0.115 e. The van der Waals surface area contributed by atoms with Crippen molar-refractivity contribution in [2.75, 3.05) is 6.54 Å². The highest BCUT2D eigenvalue weighted by Crippen LogP contribution is 2.23. The highest BCUT2D eigenvalue weighted by molar-refractivity contribution is 5.79. The van der Waals surface area contributed by atoms with E-state index in [2.05, 4.69) is 51.5 Å². The lowest BCUT2D eigenvalue weighted by Crippen LogP contribution is -2.24. The molecule has 1 atom stereocenters. The molecule has 0 saturated heterocycles. The molecule has 0 spiro atoms. The molecule has 0 amide bonds. The fraction of sp³-hybridized carbons (Fsp3) is 0.235. The molecule has 2 heterocycles. The van der Waals surface area contributed by atoms with E-state index in [4.69, 9.17) is 0 Å². The van der Waals surface area contributed by atoms with Crippen molar-refractivity contribution in [3.63, 3.8) is 0 Å². The van der Waals surface area contributed by atoms with E-state index < -0.39 is 0 Å². The maximum atomic E-state index is 4.44. The van der Waals surface area contributed by atoms with Gasteiger partial charge in [0.1, 0.15) is 6.33 Å². The molecule has 1 aromatic carbocycles. The van der Waals surface area contributed by atoms with Gasteiger partial charge >= 0.3 is 0 Å². The summed E-state index contributed by atoms with van der Waals surface area (Å²) in [5.74, 6) is 0. The van der Waals surface area contributed by atoms with Crippen molar-refractivity contribution >= 4 is 10.9 Å². The lowest BCUT2D eigenvalue weighted by atomic mass is 10.0. The Morgan fingerprint density at radius 3 is 2.86 bits per heavy atom. The zero-order chi connectivity index (χ0) is 14.5. The van der Waals surface area contributed by atoms with Gasteiger partial charge in [0.05, 0.1) is 17.3 Å². The van der Waals surface area contributed by atoms with Crippen molar-refractivity contribution in [2.24, 2.45) is 0 Å². The summed E-state index contributed by atoms with van der Waals surface area (Å²) in [5.41, 5.74) is 3.16. The van der Waals surface area contributed by atoms with Crippen LogP contribution in [0, 0.1) is 0 Å². The second-order valence-electron chi connectivity index (χ2n) is 4.98. The summed E-state index contributed by atoms with van der Waals surface area (Å²) in [4.78, 5) is 12.8. The number of rotatable bonds is 5. The van der Waals surface area contributed by atoms with Crippen LogP contribution < -0.4 is 5.32 Å². The highest BCUT2D eigenvalue weighted by atomic mass is 15.0. The van der Waals surface area contributed by atoms with Crippen LogP contribution in [0.4, 0.5) is 0 Å². The van der Waals surface area contributed by atoms with Gasteiger partial charge in [-0.15, -0.1) is 0 Å². The minimum atomic E-state index is 0.0688. The van der Waals surface area contributed by atoms with Crippen LogP contribution in [0.2, 0.25) is 0 Å². The van der Waals surface area contributed by atoms with Crippen LogP contribution in [-0.2, 0) is 0 Å². The number of nitrogens with zero attached hydrogens (tertiary/aromatic N) is 3. The minimum Gasteiger partial charge on any atom is -0.305 e. The molecule has 21 heavy (non-hydrogen) atoms. The van der Waals surface area contributed by atoms with Crippen molar-refractivity contribution in [3.8, 4) is 0 Å². The second-order valence-corrected chi connectivity index (χ2v) is 4.98. The maximum absolute atomic E-state index is 4.44. The molecule has 1 N–H and O–H groups in total. The van der Waals surface area contributed by atoms with E-state index in [1.165, 1.54) is 5.56 Å². The van der Waals surface area contributed by atoms with Gasteiger partial charge in [0.25, 0.3) is 0 Å². The molecule has 4 nitrogen and oxygen atoms in total. The van der Waals surface area contributed by atoms with E-state index in [0.717, 1.165) is 29.6 Å². The number of fused-ring (bicyclic) bond motifs is 1. The van der Waals surface area contributed by atoms with Gasteiger partial charge in [0, 0.05) is 17.8 Å². The smallest absolute Gasteiger partial charge is 0.115 e. The fourth-order valence-electron chi connectivity index (χ4n) is 2.42. The van der Waals surface area contributed by atoms with E-state index >= 15 is 0 Å². The normalized spacial score (nSPS) is 12.4. The van der Waals surface area contributed by atoms with E-state index in [0.29, 0.717) is 0 Å². The van der Waals surface area contributed by atoms with Gasteiger partial charge in [-0.1, -0.05) is 25.1 Å². The van der Waals surface area contributed by atoms with Gasteiger partial charge in [-0.05, 0) is 36.7 Å². The van der Waals surface area contributed by atoms with Gasteiger partial charge in [0.2, 0.25) is 0 Å². The first-order valence-electron chi connectivity index (χ1n) is 7.22. The Morgan fingerprint density at radius 1 is 1.10 bits per heavy atom. The monoisotopic (exact) mass is 278 g/mol.